The largest absolute Gasteiger partial charge is 0.479 e. The first-order valence-corrected chi connectivity index (χ1v) is 6.87. The first kappa shape index (κ1) is 15.4. The zero-order chi connectivity index (χ0) is 15.6. The minimum atomic E-state index is -1.18. The number of aryl methyl sites for hydroxylation is 1. The number of carboxylic acid groups (broad SMARTS) is 1. The van der Waals surface area contributed by atoms with Crippen LogP contribution >= 0.6 is 15.9 Å². The molecule has 0 fully saturated rings. The SMILES string of the molecule is Cc1cc(F)cc(NC(C(=O)O)c2ccc(Br)c(F)c2)c1. The third-order valence-corrected chi connectivity index (χ3v) is 3.52. The van der Waals surface area contributed by atoms with Crippen LogP contribution in [0.15, 0.2) is 40.9 Å². The standard InChI is InChI=1S/C15H12BrF2NO2/c1-8-4-10(17)7-11(5-8)19-14(15(20)21)9-2-3-12(16)13(18)6-9/h2-7,14,19H,1H3,(H,20,21). The Labute approximate surface area is 128 Å². The number of nitrogens with one attached hydrogen (secondary N) is 1. The fraction of sp³-hybridized carbons (Fsp3) is 0.133. The van der Waals surface area contributed by atoms with E-state index in [1.54, 1.807) is 13.0 Å². The van der Waals surface area contributed by atoms with Crippen LogP contribution < -0.4 is 5.32 Å². The molecule has 0 heterocycles. The number of carboxylic acids is 1. The van der Waals surface area contributed by atoms with Crippen LogP contribution in [-0.2, 0) is 4.79 Å². The van der Waals surface area contributed by atoms with Gasteiger partial charge < -0.3 is 10.4 Å². The van der Waals surface area contributed by atoms with E-state index in [1.165, 1.54) is 24.3 Å². The summed E-state index contributed by atoms with van der Waals surface area (Å²) in [6.45, 7) is 1.70. The number of benzene rings is 2. The van der Waals surface area contributed by atoms with Crippen LogP contribution in [0.2, 0.25) is 0 Å². The molecular weight excluding hydrogens is 344 g/mol. The summed E-state index contributed by atoms with van der Waals surface area (Å²) in [5.41, 5.74) is 1.22. The molecule has 0 saturated carbocycles. The molecule has 21 heavy (non-hydrogen) atoms. The molecule has 0 aliphatic rings. The van der Waals surface area contributed by atoms with Gasteiger partial charge in [0, 0.05) is 5.69 Å². The van der Waals surface area contributed by atoms with Crippen molar-refractivity contribution in [2.75, 3.05) is 5.32 Å². The summed E-state index contributed by atoms with van der Waals surface area (Å²) in [6.07, 6.45) is 0. The Hall–Kier alpha value is -1.95. The first-order chi connectivity index (χ1) is 9.86. The third kappa shape index (κ3) is 3.78. The molecule has 110 valence electrons. The Morgan fingerprint density at radius 3 is 2.52 bits per heavy atom. The fourth-order valence-electron chi connectivity index (χ4n) is 1.97. The lowest BCUT2D eigenvalue weighted by molar-refractivity contribution is -0.138. The lowest BCUT2D eigenvalue weighted by atomic mass is 10.1. The quantitative estimate of drug-likeness (QED) is 0.860. The maximum atomic E-state index is 13.5. The number of hydrogen-bond acceptors (Lipinski definition) is 2. The first-order valence-electron chi connectivity index (χ1n) is 6.08. The van der Waals surface area contributed by atoms with Crippen molar-refractivity contribution in [3.05, 3.63) is 63.6 Å². The van der Waals surface area contributed by atoms with E-state index in [0.29, 0.717) is 11.3 Å². The lowest BCUT2D eigenvalue weighted by Gasteiger charge is -2.17. The molecule has 2 rings (SSSR count). The van der Waals surface area contributed by atoms with Gasteiger partial charge in [0.1, 0.15) is 11.6 Å². The molecule has 0 aliphatic carbocycles. The summed E-state index contributed by atoms with van der Waals surface area (Å²) in [7, 11) is 0. The maximum Gasteiger partial charge on any atom is 0.330 e. The van der Waals surface area contributed by atoms with E-state index in [9.17, 15) is 18.7 Å². The van der Waals surface area contributed by atoms with Crippen LogP contribution in [-0.4, -0.2) is 11.1 Å². The Morgan fingerprint density at radius 1 is 1.24 bits per heavy atom. The highest BCUT2D eigenvalue weighted by molar-refractivity contribution is 9.10. The Balaban J connectivity index is 2.35. The molecule has 1 unspecified atom stereocenters. The van der Waals surface area contributed by atoms with Crippen molar-refractivity contribution in [2.24, 2.45) is 0 Å². The minimum Gasteiger partial charge on any atom is -0.479 e. The number of carbonyl (C=O) groups is 1. The molecule has 0 saturated heterocycles. The molecule has 2 aromatic carbocycles. The zero-order valence-corrected chi connectivity index (χ0v) is 12.6. The van der Waals surface area contributed by atoms with Gasteiger partial charge in [-0.2, -0.15) is 0 Å². The van der Waals surface area contributed by atoms with Crippen molar-refractivity contribution >= 4 is 27.6 Å². The Kier molecular flexibility index (Phi) is 4.57. The molecule has 2 aromatic rings. The summed E-state index contributed by atoms with van der Waals surface area (Å²) in [6, 6.07) is 7.02. The van der Waals surface area contributed by atoms with Gasteiger partial charge in [0.05, 0.1) is 4.47 Å². The summed E-state index contributed by atoms with van der Waals surface area (Å²) in [5, 5.41) is 12.0. The van der Waals surface area contributed by atoms with Crippen molar-refractivity contribution in [3.63, 3.8) is 0 Å². The highest BCUT2D eigenvalue weighted by atomic mass is 79.9. The zero-order valence-electron chi connectivity index (χ0n) is 11.0. The molecule has 1 atom stereocenters. The predicted molar refractivity (Wildman–Crippen MR) is 79.2 cm³/mol. The van der Waals surface area contributed by atoms with Crippen molar-refractivity contribution < 1.29 is 18.7 Å². The van der Waals surface area contributed by atoms with E-state index in [-0.39, 0.29) is 10.0 Å². The monoisotopic (exact) mass is 355 g/mol. The second-order valence-electron chi connectivity index (χ2n) is 4.61. The summed E-state index contributed by atoms with van der Waals surface area (Å²) >= 11 is 3.01. The maximum absolute atomic E-state index is 13.5. The topological polar surface area (TPSA) is 49.3 Å². The van der Waals surface area contributed by atoms with Gasteiger partial charge in [-0.25, -0.2) is 13.6 Å². The van der Waals surface area contributed by atoms with Crippen LogP contribution in [0.1, 0.15) is 17.2 Å². The van der Waals surface area contributed by atoms with Gasteiger partial charge in [0.25, 0.3) is 0 Å². The second kappa shape index (κ2) is 6.22. The summed E-state index contributed by atoms with van der Waals surface area (Å²) in [5.74, 6) is -2.21. The fourth-order valence-corrected chi connectivity index (χ4v) is 2.21. The number of rotatable bonds is 4. The molecule has 3 nitrogen and oxygen atoms in total. The Morgan fingerprint density at radius 2 is 1.95 bits per heavy atom. The predicted octanol–water partition coefficient (Wildman–Crippen LogP) is 4.27. The summed E-state index contributed by atoms with van der Waals surface area (Å²) < 4.78 is 27.1. The van der Waals surface area contributed by atoms with Crippen molar-refractivity contribution in [2.45, 2.75) is 13.0 Å². The van der Waals surface area contributed by atoms with E-state index < -0.39 is 23.6 Å². The third-order valence-electron chi connectivity index (χ3n) is 2.88. The van der Waals surface area contributed by atoms with E-state index in [2.05, 4.69) is 21.2 Å². The average molecular weight is 356 g/mol. The minimum absolute atomic E-state index is 0.241. The van der Waals surface area contributed by atoms with E-state index >= 15 is 0 Å². The highest BCUT2D eigenvalue weighted by Gasteiger charge is 2.21. The molecule has 0 bridgehead atoms. The summed E-state index contributed by atoms with van der Waals surface area (Å²) in [4.78, 5) is 11.4. The molecule has 0 radical (unpaired) electrons. The van der Waals surface area contributed by atoms with Gasteiger partial charge in [0.2, 0.25) is 0 Å². The van der Waals surface area contributed by atoms with Gasteiger partial charge in [-0.3, -0.25) is 0 Å². The van der Waals surface area contributed by atoms with Gasteiger partial charge >= 0.3 is 5.97 Å². The molecule has 6 heteroatoms. The number of aliphatic carboxylic acids is 1. The van der Waals surface area contributed by atoms with Crippen LogP contribution in [0.3, 0.4) is 0 Å². The van der Waals surface area contributed by atoms with Gasteiger partial charge in [-0.05, 0) is 64.3 Å². The van der Waals surface area contributed by atoms with Crippen LogP contribution in [0.4, 0.5) is 14.5 Å². The van der Waals surface area contributed by atoms with Gasteiger partial charge in [-0.15, -0.1) is 0 Å². The molecule has 2 N–H and O–H groups in total. The highest BCUT2D eigenvalue weighted by Crippen LogP contribution is 2.25. The number of anilines is 1. The normalized spacial score (nSPS) is 12.0. The number of halogens is 3. The smallest absolute Gasteiger partial charge is 0.330 e. The molecule has 0 amide bonds. The van der Waals surface area contributed by atoms with Crippen molar-refractivity contribution in [3.8, 4) is 0 Å². The molecular formula is C15H12BrF2NO2. The molecule has 0 spiro atoms. The number of hydrogen-bond donors (Lipinski definition) is 2. The second-order valence-corrected chi connectivity index (χ2v) is 5.46. The van der Waals surface area contributed by atoms with Crippen molar-refractivity contribution in [1.29, 1.82) is 0 Å². The van der Waals surface area contributed by atoms with Crippen molar-refractivity contribution in [1.82, 2.24) is 0 Å². The van der Waals surface area contributed by atoms with E-state index in [4.69, 9.17) is 0 Å². The molecule has 0 aromatic heterocycles. The van der Waals surface area contributed by atoms with Crippen LogP contribution in [0.25, 0.3) is 0 Å². The van der Waals surface area contributed by atoms with E-state index in [1.807, 2.05) is 0 Å². The van der Waals surface area contributed by atoms with Crippen LogP contribution in [0.5, 0.6) is 0 Å². The van der Waals surface area contributed by atoms with Gasteiger partial charge in [-0.1, -0.05) is 6.07 Å². The van der Waals surface area contributed by atoms with Gasteiger partial charge in [0.15, 0.2) is 6.04 Å². The Bertz CT molecular complexity index is 671. The average Bonchev–Trinajstić information content (AvgIpc) is 2.38. The lowest BCUT2D eigenvalue weighted by Crippen LogP contribution is -2.20. The van der Waals surface area contributed by atoms with Crippen LogP contribution in [0, 0.1) is 18.6 Å². The molecule has 0 aliphatic heterocycles. The van der Waals surface area contributed by atoms with E-state index in [0.717, 1.165) is 6.07 Å².